The van der Waals surface area contributed by atoms with E-state index in [1.165, 1.54) is 16.0 Å². The van der Waals surface area contributed by atoms with Gasteiger partial charge in [-0.3, -0.25) is 0 Å². The molecular weight excluding hydrogens is 308 g/mol. The van der Waals surface area contributed by atoms with Crippen LogP contribution < -0.4 is 5.32 Å². The van der Waals surface area contributed by atoms with Crippen LogP contribution in [0.25, 0.3) is 10.6 Å². The molecule has 2 aromatic rings. The highest BCUT2D eigenvalue weighted by atomic mass is 79.9. The molecule has 96 valence electrons. The molecule has 0 aliphatic carbocycles. The molecule has 0 unspecified atom stereocenters. The molecule has 2 nitrogen and oxygen atoms in total. The molecule has 0 atom stereocenters. The zero-order valence-corrected chi connectivity index (χ0v) is 13.3. The Morgan fingerprint density at radius 1 is 1.33 bits per heavy atom. The van der Waals surface area contributed by atoms with Crippen LogP contribution in [0.3, 0.4) is 0 Å². The number of nitrogens with zero attached hydrogens (tertiary/aromatic N) is 1. The summed E-state index contributed by atoms with van der Waals surface area (Å²) in [6, 6.07) is 6.34. The first-order chi connectivity index (χ1) is 8.61. The average Bonchev–Trinajstić information content (AvgIpc) is 2.71. The number of aryl methyl sites for hydroxylation is 2. The lowest BCUT2D eigenvalue weighted by molar-refractivity contribution is 0.731. The minimum atomic E-state index is 0.910. The molecule has 1 aromatic heterocycles. The maximum Gasteiger partial charge on any atom is 0.124 e. The highest BCUT2D eigenvalue weighted by Gasteiger charge is 2.11. The fourth-order valence-corrected chi connectivity index (χ4v) is 3.24. The third-order valence-electron chi connectivity index (χ3n) is 2.86. The Kier molecular flexibility index (Phi) is 4.54. The van der Waals surface area contributed by atoms with Gasteiger partial charge in [0.15, 0.2) is 0 Å². The van der Waals surface area contributed by atoms with Crippen molar-refractivity contribution in [2.75, 3.05) is 6.54 Å². The smallest absolute Gasteiger partial charge is 0.124 e. The van der Waals surface area contributed by atoms with Gasteiger partial charge in [0, 0.05) is 21.5 Å². The van der Waals surface area contributed by atoms with E-state index in [1.807, 2.05) is 0 Å². The van der Waals surface area contributed by atoms with Crippen molar-refractivity contribution in [3.63, 3.8) is 0 Å². The van der Waals surface area contributed by atoms with E-state index in [2.05, 4.69) is 60.2 Å². The van der Waals surface area contributed by atoms with Crippen molar-refractivity contribution < 1.29 is 0 Å². The standard InChI is InChI=1S/C14H17BrN2S/c1-4-16-8-13-10(3)17-14(18-13)12-7-11(15)6-5-9(12)2/h5-7,16H,4,8H2,1-3H3. The number of nitrogens with one attached hydrogen (secondary N) is 1. The second-order valence-corrected chi connectivity index (χ2v) is 6.27. The van der Waals surface area contributed by atoms with Gasteiger partial charge in [-0.15, -0.1) is 11.3 Å². The maximum absolute atomic E-state index is 4.69. The molecule has 4 heteroatoms. The topological polar surface area (TPSA) is 24.9 Å². The first-order valence-electron chi connectivity index (χ1n) is 6.05. The van der Waals surface area contributed by atoms with Crippen molar-refractivity contribution in [2.24, 2.45) is 0 Å². The molecule has 0 aliphatic heterocycles. The lowest BCUT2D eigenvalue weighted by atomic mass is 10.1. The van der Waals surface area contributed by atoms with Gasteiger partial charge in [0.2, 0.25) is 0 Å². The van der Waals surface area contributed by atoms with Crippen molar-refractivity contribution in [3.8, 4) is 10.6 Å². The highest BCUT2D eigenvalue weighted by Crippen LogP contribution is 2.31. The van der Waals surface area contributed by atoms with Crippen molar-refractivity contribution >= 4 is 27.3 Å². The molecule has 0 bridgehead atoms. The van der Waals surface area contributed by atoms with Gasteiger partial charge in [-0.2, -0.15) is 0 Å². The van der Waals surface area contributed by atoms with Gasteiger partial charge in [-0.1, -0.05) is 28.9 Å². The molecule has 0 spiro atoms. The summed E-state index contributed by atoms with van der Waals surface area (Å²) in [4.78, 5) is 6.02. The van der Waals surface area contributed by atoms with E-state index < -0.39 is 0 Å². The Hall–Kier alpha value is -0.710. The second-order valence-electron chi connectivity index (χ2n) is 4.27. The van der Waals surface area contributed by atoms with Gasteiger partial charge in [-0.25, -0.2) is 4.98 Å². The first-order valence-corrected chi connectivity index (χ1v) is 7.66. The summed E-state index contributed by atoms with van der Waals surface area (Å²) in [5, 5.41) is 4.47. The Bertz CT molecular complexity index is 549. The van der Waals surface area contributed by atoms with Gasteiger partial charge in [0.1, 0.15) is 5.01 Å². The Balaban J connectivity index is 2.36. The molecular formula is C14H17BrN2S. The summed E-state index contributed by atoms with van der Waals surface area (Å²) in [6.45, 7) is 8.23. The fourth-order valence-electron chi connectivity index (χ4n) is 1.77. The molecule has 1 aromatic carbocycles. The zero-order valence-electron chi connectivity index (χ0n) is 10.9. The minimum Gasteiger partial charge on any atom is -0.312 e. The predicted molar refractivity (Wildman–Crippen MR) is 82.1 cm³/mol. The predicted octanol–water partition coefficient (Wildman–Crippen LogP) is 4.30. The van der Waals surface area contributed by atoms with Crippen molar-refractivity contribution in [1.29, 1.82) is 0 Å². The van der Waals surface area contributed by atoms with Crippen molar-refractivity contribution in [1.82, 2.24) is 10.3 Å². The molecule has 1 heterocycles. The number of hydrogen-bond donors (Lipinski definition) is 1. The van der Waals surface area contributed by atoms with Gasteiger partial charge in [0.25, 0.3) is 0 Å². The monoisotopic (exact) mass is 324 g/mol. The van der Waals surface area contributed by atoms with E-state index in [0.29, 0.717) is 0 Å². The van der Waals surface area contributed by atoms with Crippen LogP contribution in [0, 0.1) is 13.8 Å². The molecule has 2 rings (SSSR count). The third kappa shape index (κ3) is 2.99. The molecule has 1 N–H and O–H groups in total. The summed E-state index contributed by atoms with van der Waals surface area (Å²) in [5.41, 5.74) is 3.62. The van der Waals surface area contributed by atoms with Crippen LogP contribution >= 0.6 is 27.3 Å². The molecule has 0 aliphatic rings. The normalized spacial score (nSPS) is 10.9. The highest BCUT2D eigenvalue weighted by molar-refractivity contribution is 9.10. The van der Waals surface area contributed by atoms with Crippen molar-refractivity contribution in [3.05, 3.63) is 38.8 Å². The summed E-state index contributed by atoms with van der Waals surface area (Å²) >= 11 is 5.31. The summed E-state index contributed by atoms with van der Waals surface area (Å²) in [5.74, 6) is 0. The molecule has 0 saturated carbocycles. The van der Waals surface area contributed by atoms with Crippen LogP contribution in [0.1, 0.15) is 23.1 Å². The Morgan fingerprint density at radius 2 is 2.11 bits per heavy atom. The van der Waals surface area contributed by atoms with Gasteiger partial charge in [-0.05, 0) is 38.1 Å². The van der Waals surface area contributed by atoms with E-state index in [1.54, 1.807) is 11.3 Å². The number of rotatable bonds is 4. The second kappa shape index (κ2) is 5.95. The summed E-state index contributed by atoms with van der Waals surface area (Å²) in [7, 11) is 0. The van der Waals surface area contributed by atoms with Crippen LogP contribution in [0.4, 0.5) is 0 Å². The third-order valence-corrected chi connectivity index (χ3v) is 4.54. The fraction of sp³-hybridized carbons (Fsp3) is 0.357. The number of benzene rings is 1. The Labute approximate surface area is 121 Å². The van der Waals surface area contributed by atoms with Crippen LogP contribution in [0.15, 0.2) is 22.7 Å². The maximum atomic E-state index is 4.69. The molecule has 18 heavy (non-hydrogen) atoms. The quantitative estimate of drug-likeness (QED) is 0.907. The van der Waals surface area contributed by atoms with Gasteiger partial charge in [0.05, 0.1) is 5.69 Å². The lowest BCUT2D eigenvalue weighted by Gasteiger charge is -2.02. The van der Waals surface area contributed by atoms with Crippen LogP contribution in [-0.4, -0.2) is 11.5 Å². The summed E-state index contributed by atoms with van der Waals surface area (Å²) in [6.07, 6.45) is 0. The number of hydrogen-bond acceptors (Lipinski definition) is 3. The molecule has 0 fully saturated rings. The van der Waals surface area contributed by atoms with Crippen LogP contribution in [-0.2, 0) is 6.54 Å². The average molecular weight is 325 g/mol. The van der Waals surface area contributed by atoms with Crippen molar-refractivity contribution in [2.45, 2.75) is 27.3 Å². The van der Waals surface area contributed by atoms with Crippen LogP contribution in [0.2, 0.25) is 0 Å². The molecule has 0 amide bonds. The van der Waals surface area contributed by atoms with E-state index in [4.69, 9.17) is 4.98 Å². The molecule has 0 radical (unpaired) electrons. The lowest BCUT2D eigenvalue weighted by Crippen LogP contribution is -2.11. The van der Waals surface area contributed by atoms with E-state index >= 15 is 0 Å². The zero-order chi connectivity index (χ0) is 13.1. The number of thiazole rings is 1. The number of aromatic nitrogens is 1. The largest absolute Gasteiger partial charge is 0.312 e. The van der Waals surface area contributed by atoms with E-state index in [-0.39, 0.29) is 0 Å². The Morgan fingerprint density at radius 3 is 2.83 bits per heavy atom. The molecule has 0 saturated heterocycles. The minimum absolute atomic E-state index is 0.910. The van der Waals surface area contributed by atoms with E-state index in [0.717, 1.165) is 28.3 Å². The van der Waals surface area contributed by atoms with Gasteiger partial charge >= 0.3 is 0 Å². The number of halogens is 1. The SMILES string of the molecule is CCNCc1sc(-c2cc(Br)ccc2C)nc1C. The van der Waals surface area contributed by atoms with Crippen LogP contribution in [0.5, 0.6) is 0 Å². The van der Waals surface area contributed by atoms with E-state index in [9.17, 15) is 0 Å². The van der Waals surface area contributed by atoms with Gasteiger partial charge < -0.3 is 5.32 Å². The first kappa shape index (κ1) is 13.7. The summed E-state index contributed by atoms with van der Waals surface area (Å²) < 4.78 is 1.10.